The largest absolute Gasteiger partial charge is 0.323 e. The summed E-state index contributed by atoms with van der Waals surface area (Å²) in [7, 11) is 0. The van der Waals surface area contributed by atoms with Gasteiger partial charge in [-0.2, -0.15) is 0 Å². The van der Waals surface area contributed by atoms with Crippen molar-refractivity contribution in [3.05, 3.63) is 70.5 Å². The molecule has 0 bridgehead atoms. The Morgan fingerprint density at radius 1 is 0.800 bits per heavy atom. The predicted octanol–water partition coefficient (Wildman–Crippen LogP) is 3.62. The van der Waals surface area contributed by atoms with E-state index in [1.165, 1.54) is 0 Å². The van der Waals surface area contributed by atoms with Crippen molar-refractivity contribution in [2.24, 2.45) is 5.73 Å². The van der Waals surface area contributed by atoms with Crippen LogP contribution in [-0.2, 0) is 6.42 Å². The maximum Gasteiger partial charge on any atom is 0.133 e. The lowest BCUT2D eigenvalue weighted by Crippen LogP contribution is -2.18. The van der Waals surface area contributed by atoms with E-state index < -0.39 is 40.7 Å². The first-order chi connectivity index (χ1) is 9.38. The summed E-state index contributed by atoms with van der Waals surface area (Å²) in [5, 5.41) is 0. The van der Waals surface area contributed by atoms with E-state index in [0.29, 0.717) is 18.2 Å². The minimum atomic E-state index is -1.21. The third kappa shape index (κ3) is 2.96. The van der Waals surface area contributed by atoms with E-state index in [-0.39, 0.29) is 12.0 Å². The highest BCUT2D eigenvalue weighted by atomic mass is 19.2. The van der Waals surface area contributed by atoms with Gasteiger partial charge in [-0.05, 0) is 18.1 Å². The fraction of sp³-hybridized carbons (Fsp3) is 0.143. The van der Waals surface area contributed by atoms with Crippen LogP contribution < -0.4 is 5.73 Å². The number of benzene rings is 2. The molecule has 0 fully saturated rings. The van der Waals surface area contributed by atoms with E-state index in [2.05, 4.69) is 0 Å². The van der Waals surface area contributed by atoms with Gasteiger partial charge in [0, 0.05) is 29.8 Å². The standard InChI is InChI=1S/C14H10F5N/c15-8-2-1-7(10(17)4-8)3-13(20)14-11(18)5-9(16)6-12(14)19/h1-2,4-6,13H,3,20H2. The van der Waals surface area contributed by atoms with Gasteiger partial charge in [-0.25, -0.2) is 22.0 Å². The Labute approximate surface area is 111 Å². The van der Waals surface area contributed by atoms with Crippen molar-refractivity contribution in [3.8, 4) is 0 Å². The molecule has 0 saturated carbocycles. The van der Waals surface area contributed by atoms with Crippen molar-refractivity contribution < 1.29 is 22.0 Å². The molecule has 2 N–H and O–H groups in total. The lowest BCUT2D eigenvalue weighted by atomic mass is 9.98. The number of nitrogens with two attached hydrogens (primary N) is 1. The van der Waals surface area contributed by atoms with E-state index in [1.807, 2.05) is 0 Å². The van der Waals surface area contributed by atoms with Gasteiger partial charge >= 0.3 is 0 Å². The zero-order valence-electron chi connectivity index (χ0n) is 10.1. The first-order valence-electron chi connectivity index (χ1n) is 5.72. The van der Waals surface area contributed by atoms with Gasteiger partial charge in [-0.1, -0.05) is 6.07 Å². The third-order valence-corrected chi connectivity index (χ3v) is 2.87. The highest BCUT2D eigenvalue weighted by molar-refractivity contribution is 5.27. The highest BCUT2D eigenvalue weighted by Gasteiger charge is 2.20. The molecule has 0 aliphatic heterocycles. The molecule has 0 aromatic heterocycles. The quantitative estimate of drug-likeness (QED) is 0.857. The average Bonchev–Trinajstić information content (AvgIpc) is 2.31. The Kier molecular flexibility index (Phi) is 4.04. The lowest BCUT2D eigenvalue weighted by molar-refractivity contribution is 0.496. The maximum absolute atomic E-state index is 13.5. The summed E-state index contributed by atoms with van der Waals surface area (Å²) in [6.45, 7) is 0. The van der Waals surface area contributed by atoms with Crippen molar-refractivity contribution in [2.45, 2.75) is 12.5 Å². The van der Waals surface area contributed by atoms with Crippen molar-refractivity contribution in [1.29, 1.82) is 0 Å². The van der Waals surface area contributed by atoms with Crippen LogP contribution in [0.2, 0.25) is 0 Å². The molecular weight excluding hydrogens is 277 g/mol. The summed E-state index contributed by atoms with van der Waals surface area (Å²) in [4.78, 5) is 0. The van der Waals surface area contributed by atoms with E-state index in [0.717, 1.165) is 12.1 Å². The van der Waals surface area contributed by atoms with Gasteiger partial charge < -0.3 is 5.73 Å². The maximum atomic E-state index is 13.5. The third-order valence-electron chi connectivity index (χ3n) is 2.87. The zero-order valence-corrected chi connectivity index (χ0v) is 10.1. The topological polar surface area (TPSA) is 26.0 Å². The smallest absolute Gasteiger partial charge is 0.133 e. The molecule has 20 heavy (non-hydrogen) atoms. The van der Waals surface area contributed by atoms with Crippen molar-refractivity contribution in [2.75, 3.05) is 0 Å². The molecule has 2 rings (SSSR count). The molecule has 0 heterocycles. The Bertz CT molecular complexity index is 618. The molecule has 1 nitrogen and oxygen atoms in total. The van der Waals surface area contributed by atoms with Crippen LogP contribution in [0.5, 0.6) is 0 Å². The molecule has 1 atom stereocenters. The first kappa shape index (κ1) is 14.5. The van der Waals surface area contributed by atoms with Crippen LogP contribution in [0, 0.1) is 29.1 Å². The Morgan fingerprint density at radius 3 is 1.90 bits per heavy atom. The van der Waals surface area contributed by atoms with E-state index in [9.17, 15) is 22.0 Å². The van der Waals surface area contributed by atoms with Gasteiger partial charge in [0.2, 0.25) is 0 Å². The number of halogens is 5. The molecule has 0 saturated heterocycles. The van der Waals surface area contributed by atoms with Crippen molar-refractivity contribution in [3.63, 3.8) is 0 Å². The highest BCUT2D eigenvalue weighted by Crippen LogP contribution is 2.24. The molecule has 0 spiro atoms. The minimum absolute atomic E-state index is 0.0158. The summed E-state index contributed by atoms with van der Waals surface area (Å²) in [6, 6.07) is 2.60. The summed E-state index contributed by atoms with van der Waals surface area (Å²) in [5.74, 6) is -4.97. The van der Waals surface area contributed by atoms with Gasteiger partial charge in [-0.15, -0.1) is 0 Å². The molecule has 0 radical (unpaired) electrons. The molecule has 0 aliphatic rings. The van der Waals surface area contributed by atoms with Crippen LogP contribution >= 0.6 is 0 Å². The summed E-state index contributed by atoms with van der Waals surface area (Å²) < 4.78 is 66.0. The lowest BCUT2D eigenvalue weighted by Gasteiger charge is -2.14. The normalized spacial score (nSPS) is 12.5. The summed E-state index contributed by atoms with van der Waals surface area (Å²) in [6.07, 6.45) is -0.244. The second-order valence-corrected chi connectivity index (χ2v) is 4.33. The molecule has 106 valence electrons. The zero-order chi connectivity index (χ0) is 14.9. The van der Waals surface area contributed by atoms with Gasteiger partial charge in [0.1, 0.15) is 29.1 Å². The van der Waals surface area contributed by atoms with Crippen LogP contribution in [0.25, 0.3) is 0 Å². The SMILES string of the molecule is NC(Cc1ccc(F)cc1F)c1c(F)cc(F)cc1F. The van der Waals surface area contributed by atoms with E-state index in [1.54, 1.807) is 0 Å². The van der Waals surface area contributed by atoms with E-state index >= 15 is 0 Å². The minimum Gasteiger partial charge on any atom is -0.323 e. The van der Waals surface area contributed by atoms with Crippen LogP contribution in [0.1, 0.15) is 17.2 Å². The Balaban J connectivity index is 2.31. The molecule has 0 amide bonds. The van der Waals surface area contributed by atoms with Crippen molar-refractivity contribution in [1.82, 2.24) is 0 Å². The first-order valence-corrected chi connectivity index (χ1v) is 5.72. The molecule has 2 aromatic carbocycles. The molecule has 1 unspecified atom stereocenters. The summed E-state index contributed by atoms with van der Waals surface area (Å²) in [5.41, 5.74) is 5.11. The number of hydrogen-bond donors (Lipinski definition) is 1. The van der Waals surface area contributed by atoms with Crippen LogP contribution in [0.4, 0.5) is 22.0 Å². The van der Waals surface area contributed by atoms with Gasteiger partial charge in [-0.3, -0.25) is 0 Å². The Hall–Kier alpha value is -1.95. The molecular formula is C14H10F5N. The van der Waals surface area contributed by atoms with Gasteiger partial charge in [0.05, 0.1) is 0 Å². The Morgan fingerprint density at radius 2 is 1.35 bits per heavy atom. The number of rotatable bonds is 3. The number of hydrogen-bond acceptors (Lipinski definition) is 1. The predicted molar refractivity (Wildman–Crippen MR) is 63.3 cm³/mol. The second kappa shape index (κ2) is 5.58. The monoisotopic (exact) mass is 287 g/mol. The molecule has 2 aromatic rings. The van der Waals surface area contributed by atoms with Crippen LogP contribution in [0.3, 0.4) is 0 Å². The fourth-order valence-electron chi connectivity index (χ4n) is 1.93. The fourth-order valence-corrected chi connectivity index (χ4v) is 1.93. The van der Waals surface area contributed by atoms with Crippen LogP contribution in [-0.4, -0.2) is 0 Å². The van der Waals surface area contributed by atoms with Crippen LogP contribution in [0.15, 0.2) is 30.3 Å². The average molecular weight is 287 g/mol. The van der Waals surface area contributed by atoms with Gasteiger partial charge in [0.25, 0.3) is 0 Å². The van der Waals surface area contributed by atoms with Crippen molar-refractivity contribution >= 4 is 0 Å². The molecule has 0 aliphatic carbocycles. The molecule has 6 heteroatoms. The van der Waals surface area contributed by atoms with Gasteiger partial charge in [0.15, 0.2) is 0 Å². The second-order valence-electron chi connectivity index (χ2n) is 4.33. The summed E-state index contributed by atoms with van der Waals surface area (Å²) >= 11 is 0. The van der Waals surface area contributed by atoms with E-state index in [4.69, 9.17) is 5.73 Å².